The molecule has 0 aliphatic heterocycles. The van der Waals surface area contributed by atoms with Gasteiger partial charge < -0.3 is 0 Å². The standard InChI is InChI=1S/C16H18N6/c1-2-4-8-12(7-3-1)18-19-15-13-9-5-6-10-14(13)16-20-17-11-22(16)21-15/h5-6,9-11H,1-4,7-8H2,(H,19,21). The summed E-state index contributed by atoms with van der Waals surface area (Å²) in [4.78, 5) is 0. The van der Waals surface area contributed by atoms with E-state index < -0.39 is 0 Å². The average molecular weight is 294 g/mol. The third-order valence-corrected chi connectivity index (χ3v) is 4.16. The lowest BCUT2D eigenvalue weighted by molar-refractivity contribution is 0.702. The molecular weight excluding hydrogens is 276 g/mol. The van der Waals surface area contributed by atoms with Crippen LogP contribution in [0.25, 0.3) is 16.4 Å². The lowest BCUT2D eigenvalue weighted by Gasteiger charge is -2.08. The Morgan fingerprint density at radius 2 is 1.77 bits per heavy atom. The molecule has 0 spiro atoms. The number of nitrogens with zero attached hydrogens (tertiary/aromatic N) is 5. The maximum absolute atomic E-state index is 4.60. The zero-order valence-electron chi connectivity index (χ0n) is 12.4. The molecule has 4 rings (SSSR count). The Hall–Kier alpha value is -2.50. The Morgan fingerprint density at radius 3 is 2.59 bits per heavy atom. The Bertz CT molecular complexity index is 825. The summed E-state index contributed by atoms with van der Waals surface area (Å²) in [6.45, 7) is 0. The quantitative estimate of drug-likeness (QED) is 0.581. The van der Waals surface area contributed by atoms with Crippen LogP contribution in [0.15, 0.2) is 35.7 Å². The Morgan fingerprint density at radius 1 is 1.00 bits per heavy atom. The zero-order valence-corrected chi connectivity index (χ0v) is 12.4. The lowest BCUT2D eigenvalue weighted by Crippen LogP contribution is -2.04. The van der Waals surface area contributed by atoms with Crippen molar-refractivity contribution in [3.63, 3.8) is 0 Å². The maximum Gasteiger partial charge on any atom is 0.185 e. The van der Waals surface area contributed by atoms with Crippen molar-refractivity contribution in [3.05, 3.63) is 30.6 Å². The minimum atomic E-state index is 0.750. The number of hydrogen-bond acceptors (Lipinski definition) is 5. The molecule has 2 heterocycles. The van der Waals surface area contributed by atoms with E-state index in [4.69, 9.17) is 0 Å². The predicted molar refractivity (Wildman–Crippen MR) is 87.0 cm³/mol. The fourth-order valence-electron chi connectivity index (χ4n) is 2.99. The molecule has 1 aliphatic rings. The van der Waals surface area contributed by atoms with Crippen molar-refractivity contribution in [2.45, 2.75) is 38.5 Å². The monoisotopic (exact) mass is 294 g/mol. The normalized spacial score (nSPS) is 15.9. The lowest BCUT2D eigenvalue weighted by atomic mass is 10.2. The molecule has 3 aromatic rings. The van der Waals surface area contributed by atoms with Gasteiger partial charge in [0, 0.05) is 16.5 Å². The van der Waals surface area contributed by atoms with Gasteiger partial charge >= 0.3 is 0 Å². The second-order valence-corrected chi connectivity index (χ2v) is 5.70. The van der Waals surface area contributed by atoms with Gasteiger partial charge in [0.05, 0.1) is 0 Å². The van der Waals surface area contributed by atoms with Gasteiger partial charge in [0.15, 0.2) is 11.5 Å². The van der Waals surface area contributed by atoms with Crippen molar-refractivity contribution in [2.24, 2.45) is 5.10 Å². The van der Waals surface area contributed by atoms with Crippen molar-refractivity contribution in [1.29, 1.82) is 0 Å². The van der Waals surface area contributed by atoms with Crippen molar-refractivity contribution < 1.29 is 0 Å². The summed E-state index contributed by atoms with van der Waals surface area (Å²) in [6.07, 6.45) is 8.88. The van der Waals surface area contributed by atoms with Gasteiger partial charge in [-0.05, 0) is 25.7 Å². The van der Waals surface area contributed by atoms with Crippen molar-refractivity contribution in [2.75, 3.05) is 5.43 Å². The van der Waals surface area contributed by atoms with E-state index in [1.54, 1.807) is 10.8 Å². The molecule has 1 aromatic carbocycles. The molecule has 0 radical (unpaired) electrons. The number of anilines is 1. The van der Waals surface area contributed by atoms with Crippen LogP contribution in [0.3, 0.4) is 0 Å². The molecule has 2 aromatic heterocycles. The molecule has 1 saturated carbocycles. The summed E-state index contributed by atoms with van der Waals surface area (Å²) in [5, 5.41) is 19.3. The molecule has 0 atom stereocenters. The van der Waals surface area contributed by atoms with E-state index in [0.29, 0.717) is 0 Å². The highest BCUT2D eigenvalue weighted by molar-refractivity contribution is 6.00. The molecule has 1 N–H and O–H groups in total. The van der Waals surface area contributed by atoms with Gasteiger partial charge in [0.2, 0.25) is 0 Å². The Kier molecular flexibility index (Phi) is 3.42. The summed E-state index contributed by atoms with van der Waals surface area (Å²) in [7, 11) is 0. The van der Waals surface area contributed by atoms with E-state index in [9.17, 15) is 0 Å². The minimum absolute atomic E-state index is 0.750. The van der Waals surface area contributed by atoms with Crippen LogP contribution in [0.5, 0.6) is 0 Å². The van der Waals surface area contributed by atoms with Crippen LogP contribution in [-0.2, 0) is 0 Å². The minimum Gasteiger partial charge on any atom is -0.259 e. The highest BCUT2D eigenvalue weighted by Gasteiger charge is 2.10. The number of benzene rings is 1. The number of aromatic nitrogens is 4. The topological polar surface area (TPSA) is 67.5 Å². The van der Waals surface area contributed by atoms with Crippen molar-refractivity contribution in [3.8, 4) is 0 Å². The second-order valence-electron chi connectivity index (χ2n) is 5.70. The van der Waals surface area contributed by atoms with E-state index >= 15 is 0 Å². The first-order chi connectivity index (χ1) is 10.9. The molecular formula is C16H18N6. The fraction of sp³-hybridized carbons (Fsp3) is 0.375. The molecule has 1 fully saturated rings. The predicted octanol–water partition coefficient (Wildman–Crippen LogP) is 3.40. The molecule has 0 saturated heterocycles. The first-order valence-corrected chi connectivity index (χ1v) is 7.82. The van der Waals surface area contributed by atoms with Gasteiger partial charge in [-0.25, -0.2) is 0 Å². The van der Waals surface area contributed by atoms with Crippen LogP contribution in [0, 0.1) is 0 Å². The largest absolute Gasteiger partial charge is 0.259 e. The SMILES string of the molecule is c1ccc2c(c1)c(NN=C1CCCCCC1)nn1cnnc21. The summed E-state index contributed by atoms with van der Waals surface area (Å²) >= 11 is 0. The fourth-order valence-corrected chi connectivity index (χ4v) is 2.99. The van der Waals surface area contributed by atoms with Crippen LogP contribution in [0.4, 0.5) is 5.82 Å². The third kappa shape index (κ3) is 2.41. The van der Waals surface area contributed by atoms with Gasteiger partial charge in [-0.1, -0.05) is 37.1 Å². The number of hydrogen-bond donors (Lipinski definition) is 1. The zero-order chi connectivity index (χ0) is 14.8. The molecule has 0 amide bonds. The maximum atomic E-state index is 4.60. The molecule has 6 heteroatoms. The summed E-state index contributed by atoms with van der Waals surface area (Å²) in [5.41, 5.74) is 5.18. The average Bonchev–Trinajstić information content (AvgIpc) is 2.88. The van der Waals surface area contributed by atoms with Crippen molar-refractivity contribution >= 4 is 27.9 Å². The summed E-state index contributed by atoms with van der Waals surface area (Å²) < 4.78 is 1.69. The van der Waals surface area contributed by atoms with E-state index in [0.717, 1.165) is 35.1 Å². The van der Waals surface area contributed by atoms with Crippen LogP contribution in [-0.4, -0.2) is 25.5 Å². The third-order valence-electron chi connectivity index (χ3n) is 4.16. The van der Waals surface area contributed by atoms with E-state index in [1.165, 1.54) is 31.4 Å². The highest BCUT2D eigenvalue weighted by atomic mass is 15.4. The molecule has 0 bridgehead atoms. The van der Waals surface area contributed by atoms with Crippen LogP contribution < -0.4 is 5.43 Å². The molecule has 0 unspecified atom stereocenters. The summed E-state index contributed by atoms with van der Waals surface area (Å²) in [6, 6.07) is 8.07. The first-order valence-electron chi connectivity index (χ1n) is 7.82. The van der Waals surface area contributed by atoms with Gasteiger partial charge in [-0.3, -0.25) is 5.43 Å². The first kappa shape index (κ1) is 13.2. The van der Waals surface area contributed by atoms with Crippen LogP contribution >= 0.6 is 0 Å². The van der Waals surface area contributed by atoms with E-state index in [-0.39, 0.29) is 0 Å². The molecule has 112 valence electrons. The van der Waals surface area contributed by atoms with Crippen LogP contribution in [0.1, 0.15) is 38.5 Å². The van der Waals surface area contributed by atoms with Gasteiger partial charge in [-0.2, -0.15) is 9.62 Å². The van der Waals surface area contributed by atoms with Gasteiger partial charge in [-0.15, -0.1) is 15.3 Å². The number of nitrogens with one attached hydrogen (secondary N) is 1. The van der Waals surface area contributed by atoms with E-state index in [2.05, 4.69) is 25.8 Å². The Balaban J connectivity index is 1.74. The molecule has 22 heavy (non-hydrogen) atoms. The summed E-state index contributed by atoms with van der Waals surface area (Å²) in [5.74, 6) is 0.750. The smallest absolute Gasteiger partial charge is 0.185 e. The number of hydrazone groups is 1. The van der Waals surface area contributed by atoms with E-state index in [1.807, 2.05) is 24.3 Å². The van der Waals surface area contributed by atoms with Gasteiger partial charge in [0.1, 0.15) is 6.33 Å². The Labute approximate surface area is 128 Å². The number of rotatable bonds is 2. The molecule has 6 nitrogen and oxygen atoms in total. The number of fused-ring (bicyclic) bond motifs is 3. The van der Waals surface area contributed by atoms with Crippen LogP contribution in [0.2, 0.25) is 0 Å². The molecule has 1 aliphatic carbocycles. The van der Waals surface area contributed by atoms with Crippen molar-refractivity contribution in [1.82, 2.24) is 19.8 Å². The highest BCUT2D eigenvalue weighted by Crippen LogP contribution is 2.24. The second kappa shape index (κ2) is 5.71. The van der Waals surface area contributed by atoms with Gasteiger partial charge in [0.25, 0.3) is 0 Å².